The number of nitrogens with two attached hydrogens (primary N) is 1. The first-order valence-corrected chi connectivity index (χ1v) is 6.05. The molecule has 4 nitrogen and oxygen atoms in total. The zero-order valence-electron chi connectivity index (χ0n) is 10.4. The molecular formula is C14H16N4. The third-order valence-corrected chi connectivity index (χ3v) is 3.25. The van der Waals surface area contributed by atoms with E-state index in [1.54, 1.807) is 0 Å². The molecule has 18 heavy (non-hydrogen) atoms. The zero-order chi connectivity index (χ0) is 12.5. The van der Waals surface area contributed by atoms with E-state index in [4.69, 9.17) is 5.73 Å². The van der Waals surface area contributed by atoms with Crippen molar-refractivity contribution < 1.29 is 0 Å². The minimum Gasteiger partial charge on any atom is -0.398 e. The first-order chi connectivity index (χ1) is 8.74. The van der Waals surface area contributed by atoms with Gasteiger partial charge in [0.15, 0.2) is 0 Å². The SMILES string of the molecule is Cn1cc(CCn2ccc3c(N)cccc32)cn1. The Morgan fingerprint density at radius 1 is 1.28 bits per heavy atom. The van der Waals surface area contributed by atoms with E-state index in [0.717, 1.165) is 24.0 Å². The second kappa shape index (κ2) is 4.22. The largest absolute Gasteiger partial charge is 0.398 e. The van der Waals surface area contributed by atoms with Crippen LogP contribution in [-0.2, 0) is 20.0 Å². The molecule has 2 N–H and O–H groups in total. The lowest BCUT2D eigenvalue weighted by atomic mass is 10.2. The second-order valence-electron chi connectivity index (χ2n) is 4.56. The highest BCUT2D eigenvalue weighted by Crippen LogP contribution is 2.22. The summed E-state index contributed by atoms with van der Waals surface area (Å²) >= 11 is 0. The summed E-state index contributed by atoms with van der Waals surface area (Å²) in [6.45, 7) is 0.943. The Kier molecular flexibility index (Phi) is 2.55. The molecule has 0 aliphatic rings. The molecule has 0 unspecified atom stereocenters. The van der Waals surface area contributed by atoms with Crippen LogP contribution in [0.2, 0.25) is 0 Å². The Morgan fingerprint density at radius 2 is 2.17 bits per heavy atom. The van der Waals surface area contributed by atoms with Gasteiger partial charge in [-0.25, -0.2) is 0 Å². The van der Waals surface area contributed by atoms with Crippen LogP contribution in [0.15, 0.2) is 42.9 Å². The molecule has 3 aromatic rings. The molecule has 0 atom stereocenters. The van der Waals surface area contributed by atoms with Gasteiger partial charge in [-0.15, -0.1) is 0 Å². The van der Waals surface area contributed by atoms with E-state index in [-0.39, 0.29) is 0 Å². The van der Waals surface area contributed by atoms with Gasteiger partial charge in [-0.3, -0.25) is 4.68 Å². The molecule has 0 amide bonds. The van der Waals surface area contributed by atoms with Crippen LogP contribution in [0.5, 0.6) is 0 Å². The molecule has 3 rings (SSSR count). The van der Waals surface area contributed by atoms with Crippen LogP contribution in [-0.4, -0.2) is 14.3 Å². The second-order valence-corrected chi connectivity index (χ2v) is 4.56. The Morgan fingerprint density at radius 3 is 2.94 bits per heavy atom. The van der Waals surface area contributed by atoms with Gasteiger partial charge in [-0.1, -0.05) is 6.07 Å². The summed E-state index contributed by atoms with van der Waals surface area (Å²) in [6.07, 6.45) is 7.05. The van der Waals surface area contributed by atoms with Crippen molar-refractivity contribution in [3.05, 3.63) is 48.4 Å². The van der Waals surface area contributed by atoms with E-state index >= 15 is 0 Å². The van der Waals surface area contributed by atoms with Gasteiger partial charge >= 0.3 is 0 Å². The quantitative estimate of drug-likeness (QED) is 0.713. The number of hydrogen-bond donors (Lipinski definition) is 1. The van der Waals surface area contributed by atoms with E-state index in [1.807, 2.05) is 30.1 Å². The molecule has 0 aliphatic carbocycles. The van der Waals surface area contributed by atoms with E-state index < -0.39 is 0 Å². The Balaban J connectivity index is 1.85. The predicted molar refractivity (Wildman–Crippen MR) is 73.3 cm³/mol. The summed E-state index contributed by atoms with van der Waals surface area (Å²) < 4.78 is 4.07. The predicted octanol–water partition coefficient (Wildman–Crippen LogP) is 2.20. The van der Waals surface area contributed by atoms with Crippen LogP contribution < -0.4 is 5.73 Å². The molecule has 1 aromatic carbocycles. The summed E-state index contributed by atoms with van der Waals surface area (Å²) in [6, 6.07) is 8.12. The van der Waals surface area contributed by atoms with Crippen LogP contribution >= 0.6 is 0 Å². The molecule has 2 heterocycles. The number of anilines is 1. The van der Waals surface area contributed by atoms with Crippen LogP contribution in [0.1, 0.15) is 5.56 Å². The maximum Gasteiger partial charge on any atom is 0.0522 e. The van der Waals surface area contributed by atoms with Gasteiger partial charge < -0.3 is 10.3 Å². The first-order valence-electron chi connectivity index (χ1n) is 6.05. The van der Waals surface area contributed by atoms with Gasteiger partial charge in [0.2, 0.25) is 0 Å². The van der Waals surface area contributed by atoms with E-state index in [9.17, 15) is 0 Å². The molecule has 0 bridgehead atoms. The van der Waals surface area contributed by atoms with Crippen molar-refractivity contribution in [2.24, 2.45) is 7.05 Å². The van der Waals surface area contributed by atoms with Crippen LogP contribution in [0.25, 0.3) is 10.9 Å². The standard InChI is InChI=1S/C14H16N4/c1-17-10-11(9-16-17)5-7-18-8-6-12-13(15)3-2-4-14(12)18/h2-4,6,8-10H,5,7,15H2,1H3. The van der Waals surface area contributed by atoms with Gasteiger partial charge in [0, 0.05) is 37.1 Å². The normalized spacial score (nSPS) is 11.2. The number of hydrogen-bond acceptors (Lipinski definition) is 2. The smallest absolute Gasteiger partial charge is 0.0522 e. The van der Waals surface area contributed by atoms with Crippen molar-refractivity contribution in [1.29, 1.82) is 0 Å². The molecule has 92 valence electrons. The first kappa shape index (κ1) is 10.9. The third-order valence-electron chi connectivity index (χ3n) is 3.25. The highest BCUT2D eigenvalue weighted by atomic mass is 15.2. The lowest BCUT2D eigenvalue weighted by molar-refractivity contribution is 0.720. The van der Waals surface area contributed by atoms with Gasteiger partial charge in [-0.05, 0) is 30.2 Å². The van der Waals surface area contributed by atoms with Crippen molar-refractivity contribution >= 4 is 16.6 Å². The van der Waals surface area contributed by atoms with Crippen LogP contribution in [0.4, 0.5) is 5.69 Å². The average molecular weight is 240 g/mol. The highest BCUT2D eigenvalue weighted by Gasteiger charge is 2.04. The molecule has 0 spiro atoms. The molecule has 0 aliphatic heterocycles. The Hall–Kier alpha value is -2.23. The number of nitrogen functional groups attached to an aromatic ring is 1. The minimum atomic E-state index is 0.840. The minimum absolute atomic E-state index is 0.840. The molecule has 0 radical (unpaired) electrons. The van der Waals surface area contributed by atoms with Crippen molar-refractivity contribution in [2.75, 3.05) is 5.73 Å². The van der Waals surface area contributed by atoms with E-state index in [1.165, 1.54) is 11.1 Å². The van der Waals surface area contributed by atoms with Crippen molar-refractivity contribution in [3.8, 4) is 0 Å². The summed E-state index contributed by atoms with van der Waals surface area (Å²) in [7, 11) is 1.94. The van der Waals surface area contributed by atoms with Crippen LogP contribution in [0, 0.1) is 0 Å². The number of nitrogens with zero attached hydrogens (tertiary/aromatic N) is 3. The van der Waals surface area contributed by atoms with Gasteiger partial charge in [-0.2, -0.15) is 5.10 Å². The summed E-state index contributed by atoms with van der Waals surface area (Å²) in [5, 5.41) is 5.31. The summed E-state index contributed by atoms with van der Waals surface area (Å²) in [5.74, 6) is 0. The number of rotatable bonds is 3. The van der Waals surface area contributed by atoms with Crippen molar-refractivity contribution in [2.45, 2.75) is 13.0 Å². The van der Waals surface area contributed by atoms with E-state index in [2.05, 4.69) is 34.2 Å². The van der Waals surface area contributed by atoms with Crippen molar-refractivity contribution in [1.82, 2.24) is 14.3 Å². The number of aryl methyl sites for hydroxylation is 3. The molecule has 0 saturated carbocycles. The zero-order valence-corrected chi connectivity index (χ0v) is 10.4. The Labute approximate surface area is 106 Å². The lowest BCUT2D eigenvalue weighted by Gasteiger charge is -2.04. The van der Waals surface area contributed by atoms with Gasteiger partial charge in [0.05, 0.1) is 11.7 Å². The van der Waals surface area contributed by atoms with Gasteiger partial charge in [0.25, 0.3) is 0 Å². The number of fused-ring (bicyclic) bond motifs is 1. The molecule has 2 aromatic heterocycles. The molecule has 4 heteroatoms. The monoisotopic (exact) mass is 240 g/mol. The fourth-order valence-electron chi connectivity index (χ4n) is 2.29. The maximum atomic E-state index is 5.95. The summed E-state index contributed by atoms with van der Waals surface area (Å²) in [4.78, 5) is 0. The maximum absolute atomic E-state index is 5.95. The Bertz CT molecular complexity index is 678. The topological polar surface area (TPSA) is 48.8 Å². The number of benzene rings is 1. The molecule has 0 fully saturated rings. The molecule has 0 saturated heterocycles. The number of aromatic nitrogens is 3. The summed E-state index contributed by atoms with van der Waals surface area (Å²) in [5.41, 5.74) is 9.24. The van der Waals surface area contributed by atoms with E-state index in [0.29, 0.717) is 0 Å². The lowest BCUT2D eigenvalue weighted by Crippen LogP contribution is -1.99. The fraction of sp³-hybridized carbons (Fsp3) is 0.214. The third kappa shape index (κ3) is 1.86. The van der Waals surface area contributed by atoms with Crippen molar-refractivity contribution in [3.63, 3.8) is 0 Å². The fourth-order valence-corrected chi connectivity index (χ4v) is 2.29. The molecular weight excluding hydrogens is 224 g/mol. The van der Waals surface area contributed by atoms with Gasteiger partial charge in [0.1, 0.15) is 0 Å². The average Bonchev–Trinajstić information content (AvgIpc) is 2.94. The highest BCUT2D eigenvalue weighted by molar-refractivity contribution is 5.91. The van der Waals surface area contributed by atoms with Crippen LogP contribution in [0.3, 0.4) is 0 Å².